The van der Waals surface area contributed by atoms with Gasteiger partial charge >= 0.3 is 6.01 Å². The highest BCUT2D eigenvalue weighted by Gasteiger charge is 1.92. The lowest BCUT2D eigenvalue weighted by atomic mass is 10.6. The summed E-state index contributed by atoms with van der Waals surface area (Å²) >= 11 is 0. The smallest absolute Gasteiger partial charge is 0.367 e. The summed E-state index contributed by atoms with van der Waals surface area (Å²) in [5.74, 6) is 0.495. The molecule has 4 heteroatoms. The van der Waals surface area contributed by atoms with E-state index in [-0.39, 0.29) is 0 Å². The van der Waals surface area contributed by atoms with Gasteiger partial charge in [-0.1, -0.05) is 0 Å². The first-order valence-corrected chi connectivity index (χ1v) is 2.36. The second kappa shape index (κ2) is 2.30. The molecular formula is C5H5N2O2. The fourth-order valence-corrected chi connectivity index (χ4v) is 0.410. The van der Waals surface area contributed by atoms with Crippen LogP contribution in [0.25, 0.3) is 0 Å². The van der Waals surface area contributed by atoms with Crippen LogP contribution in [0.1, 0.15) is 0 Å². The standard InChI is InChI=1S/C5H5N2O2/c1-9-4-2-6-5(8)7-3-4/h2-3H,1H3. The van der Waals surface area contributed by atoms with Crippen molar-refractivity contribution in [1.29, 1.82) is 0 Å². The lowest BCUT2D eigenvalue weighted by Gasteiger charge is -1.93. The van der Waals surface area contributed by atoms with Gasteiger partial charge in [0.2, 0.25) is 0 Å². The normalized spacial score (nSPS) is 9.00. The second-order valence-corrected chi connectivity index (χ2v) is 1.41. The molecule has 0 fully saturated rings. The van der Waals surface area contributed by atoms with E-state index in [1.165, 1.54) is 19.5 Å². The summed E-state index contributed by atoms with van der Waals surface area (Å²) in [6, 6.07) is -0.490. The zero-order valence-corrected chi connectivity index (χ0v) is 4.87. The van der Waals surface area contributed by atoms with Crippen LogP contribution in [0.4, 0.5) is 0 Å². The fraction of sp³-hybridized carbons (Fsp3) is 0.200. The third-order valence-electron chi connectivity index (χ3n) is 0.840. The SMILES string of the molecule is COc1cnc([O])nc1. The Bertz CT molecular complexity index is 185. The van der Waals surface area contributed by atoms with E-state index < -0.39 is 6.01 Å². The molecule has 4 nitrogen and oxygen atoms in total. The third kappa shape index (κ3) is 1.28. The molecule has 0 aromatic carbocycles. The molecule has 0 N–H and O–H groups in total. The van der Waals surface area contributed by atoms with Gasteiger partial charge in [0, 0.05) is 0 Å². The van der Waals surface area contributed by atoms with Crippen LogP contribution in [0.15, 0.2) is 12.4 Å². The summed E-state index contributed by atoms with van der Waals surface area (Å²) in [6.07, 6.45) is 2.66. The van der Waals surface area contributed by atoms with Crippen LogP contribution in [0.3, 0.4) is 0 Å². The van der Waals surface area contributed by atoms with Crippen LogP contribution in [-0.4, -0.2) is 17.1 Å². The minimum Gasteiger partial charge on any atom is -0.494 e. The van der Waals surface area contributed by atoms with Crippen molar-refractivity contribution in [3.63, 3.8) is 0 Å². The number of hydrogen-bond acceptors (Lipinski definition) is 3. The van der Waals surface area contributed by atoms with Gasteiger partial charge in [0.05, 0.1) is 19.5 Å². The zero-order valence-electron chi connectivity index (χ0n) is 4.87. The monoisotopic (exact) mass is 125 g/mol. The van der Waals surface area contributed by atoms with Gasteiger partial charge in [-0.15, -0.1) is 0 Å². The third-order valence-corrected chi connectivity index (χ3v) is 0.840. The molecule has 1 aromatic rings. The molecule has 47 valence electrons. The van der Waals surface area contributed by atoms with E-state index in [0.29, 0.717) is 5.75 Å². The van der Waals surface area contributed by atoms with Gasteiger partial charge in [-0.05, 0) is 0 Å². The first kappa shape index (κ1) is 5.81. The summed E-state index contributed by atoms with van der Waals surface area (Å²) in [4.78, 5) is 6.72. The van der Waals surface area contributed by atoms with Gasteiger partial charge in [-0.2, -0.15) is 9.97 Å². The minimum atomic E-state index is -0.490. The molecule has 1 rings (SSSR count). The van der Waals surface area contributed by atoms with Crippen molar-refractivity contribution in [3.05, 3.63) is 12.4 Å². The molecule has 0 aliphatic carbocycles. The average Bonchev–Trinajstić information content (AvgIpc) is 1.90. The van der Waals surface area contributed by atoms with Crippen molar-refractivity contribution < 1.29 is 9.84 Å². The van der Waals surface area contributed by atoms with E-state index in [0.717, 1.165) is 0 Å². The van der Waals surface area contributed by atoms with Crippen molar-refractivity contribution in [2.75, 3.05) is 7.11 Å². The van der Waals surface area contributed by atoms with Gasteiger partial charge in [-0.3, -0.25) is 0 Å². The highest BCUT2D eigenvalue weighted by atomic mass is 16.5. The quantitative estimate of drug-likeness (QED) is 0.553. The maximum Gasteiger partial charge on any atom is 0.367 e. The van der Waals surface area contributed by atoms with Crippen molar-refractivity contribution in [2.45, 2.75) is 0 Å². The van der Waals surface area contributed by atoms with Gasteiger partial charge in [0.15, 0.2) is 5.75 Å². The van der Waals surface area contributed by atoms with E-state index in [1.54, 1.807) is 0 Å². The molecule has 0 atom stereocenters. The summed E-state index contributed by atoms with van der Waals surface area (Å²) in [7, 11) is 1.49. The molecule has 0 aliphatic heterocycles. The summed E-state index contributed by atoms with van der Waals surface area (Å²) in [5.41, 5.74) is 0. The number of ether oxygens (including phenoxy) is 1. The highest BCUT2D eigenvalue weighted by Crippen LogP contribution is 2.06. The molecule has 0 unspecified atom stereocenters. The van der Waals surface area contributed by atoms with Crippen LogP contribution in [-0.2, 0) is 5.11 Å². The predicted octanol–water partition coefficient (Wildman–Crippen LogP) is 0.629. The topological polar surface area (TPSA) is 54.9 Å². The second-order valence-electron chi connectivity index (χ2n) is 1.41. The lowest BCUT2D eigenvalue weighted by molar-refractivity contribution is 0.315. The molecule has 0 saturated carbocycles. The Morgan fingerprint density at radius 2 is 2.00 bits per heavy atom. The Hall–Kier alpha value is -1.32. The van der Waals surface area contributed by atoms with Gasteiger partial charge in [0.1, 0.15) is 0 Å². The van der Waals surface area contributed by atoms with Crippen LogP contribution in [0.5, 0.6) is 11.8 Å². The number of methoxy groups -OCH3 is 1. The van der Waals surface area contributed by atoms with Crippen LogP contribution in [0, 0.1) is 0 Å². The number of rotatable bonds is 1. The van der Waals surface area contributed by atoms with Crippen LogP contribution >= 0.6 is 0 Å². The Morgan fingerprint density at radius 3 is 2.44 bits per heavy atom. The molecule has 1 aromatic heterocycles. The van der Waals surface area contributed by atoms with Crippen molar-refractivity contribution in [2.24, 2.45) is 0 Å². The Kier molecular flexibility index (Phi) is 1.48. The van der Waals surface area contributed by atoms with E-state index >= 15 is 0 Å². The average molecular weight is 125 g/mol. The van der Waals surface area contributed by atoms with Crippen molar-refractivity contribution in [3.8, 4) is 11.8 Å². The molecule has 0 saturated heterocycles. The van der Waals surface area contributed by atoms with E-state index in [1.807, 2.05) is 0 Å². The Labute approximate surface area is 52.1 Å². The lowest BCUT2D eigenvalue weighted by Crippen LogP contribution is -1.84. The number of nitrogens with zero attached hydrogens (tertiary/aromatic N) is 2. The van der Waals surface area contributed by atoms with Crippen LogP contribution in [0.2, 0.25) is 0 Å². The predicted molar refractivity (Wildman–Crippen MR) is 28.7 cm³/mol. The van der Waals surface area contributed by atoms with Crippen molar-refractivity contribution in [1.82, 2.24) is 9.97 Å². The molecule has 0 aliphatic rings. The van der Waals surface area contributed by atoms with Gasteiger partial charge < -0.3 is 4.74 Å². The minimum absolute atomic E-state index is 0.490. The molecule has 0 spiro atoms. The largest absolute Gasteiger partial charge is 0.494 e. The Balaban J connectivity index is 2.88. The first-order chi connectivity index (χ1) is 4.33. The van der Waals surface area contributed by atoms with E-state index in [4.69, 9.17) is 4.74 Å². The molecule has 9 heavy (non-hydrogen) atoms. The maximum atomic E-state index is 10.3. The Morgan fingerprint density at radius 1 is 1.44 bits per heavy atom. The molecule has 0 bridgehead atoms. The summed E-state index contributed by atoms with van der Waals surface area (Å²) in [6.45, 7) is 0. The van der Waals surface area contributed by atoms with Gasteiger partial charge in [-0.25, -0.2) is 5.11 Å². The molecular weight excluding hydrogens is 120 g/mol. The molecule has 1 heterocycles. The van der Waals surface area contributed by atoms with E-state index in [2.05, 4.69) is 9.97 Å². The first-order valence-electron chi connectivity index (χ1n) is 2.36. The van der Waals surface area contributed by atoms with Crippen molar-refractivity contribution >= 4 is 0 Å². The fourth-order valence-electron chi connectivity index (χ4n) is 0.410. The number of hydrogen-bond donors (Lipinski definition) is 0. The highest BCUT2D eigenvalue weighted by molar-refractivity contribution is 5.12. The summed E-state index contributed by atoms with van der Waals surface area (Å²) < 4.78 is 4.71. The van der Waals surface area contributed by atoms with E-state index in [9.17, 15) is 5.11 Å². The van der Waals surface area contributed by atoms with Crippen LogP contribution < -0.4 is 4.74 Å². The zero-order chi connectivity index (χ0) is 6.69. The maximum absolute atomic E-state index is 10.3. The summed E-state index contributed by atoms with van der Waals surface area (Å²) in [5, 5.41) is 10.3. The number of aromatic nitrogens is 2. The molecule has 0 amide bonds. The van der Waals surface area contributed by atoms with Gasteiger partial charge in [0.25, 0.3) is 0 Å². The molecule has 1 radical (unpaired) electrons.